The smallest absolute Gasteiger partial charge is 0.237 e. The third-order valence-electron chi connectivity index (χ3n) is 2.51. The van der Waals surface area contributed by atoms with Gasteiger partial charge in [-0.25, -0.2) is 0 Å². The van der Waals surface area contributed by atoms with E-state index in [4.69, 9.17) is 5.73 Å². The number of carbonyl (C=O) groups excluding carboxylic acids is 1. The molecule has 0 bridgehead atoms. The predicted molar refractivity (Wildman–Crippen MR) is 69.0 cm³/mol. The summed E-state index contributed by atoms with van der Waals surface area (Å²) in [7, 11) is 0. The molecular weight excluding hydrogens is 268 g/mol. The molecule has 0 aliphatic heterocycles. The number of nitrogens with one attached hydrogen (secondary N) is 1. The van der Waals surface area contributed by atoms with Gasteiger partial charge in [0, 0.05) is 4.47 Å². The standard InChI is InChI=1S/C12H17BrN2O/c1-3-11(14)12(16)15-8(2)9-4-6-10(13)7-5-9/h4-8,11H,3,14H2,1-2H3,(H,15,16)/t8-,11?/m1/s1. The van der Waals surface area contributed by atoms with E-state index in [9.17, 15) is 4.79 Å². The van der Waals surface area contributed by atoms with Gasteiger partial charge in [-0.15, -0.1) is 0 Å². The SMILES string of the molecule is CCC(N)C(=O)N[C@H](C)c1ccc(Br)cc1. The lowest BCUT2D eigenvalue weighted by Crippen LogP contribution is -2.41. The van der Waals surface area contributed by atoms with Crippen molar-refractivity contribution in [3.05, 3.63) is 34.3 Å². The average Bonchev–Trinajstić information content (AvgIpc) is 2.28. The van der Waals surface area contributed by atoms with Gasteiger partial charge in [0.1, 0.15) is 0 Å². The fourth-order valence-electron chi connectivity index (χ4n) is 1.34. The molecule has 1 amide bonds. The van der Waals surface area contributed by atoms with Gasteiger partial charge in [-0.2, -0.15) is 0 Å². The fraction of sp³-hybridized carbons (Fsp3) is 0.417. The topological polar surface area (TPSA) is 55.1 Å². The molecule has 4 heteroatoms. The van der Waals surface area contributed by atoms with Crippen LogP contribution in [0.25, 0.3) is 0 Å². The van der Waals surface area contributed by atoms with Crippen LogP contribution in [-0.2, 0) is 4.79 Å². The summed E-state index contributed by atoms with van der Waals surface area (Å²) in [5, 5.41) is 2.89. The lowest BCUT2D eigenvalue weighted by atomic mass is 10.1. The van der Waals surface area contributed by atoms with Crippen molar-refractivity contribution >= 4 is 21.8 Å². The van der Waals surface area contributed by atoms with E-state index in [0.717, 1.165) is 10.0 Å². The summed E-state index contributed by atoms with van der Waals surface area (Å²) in [4.78, 5) is 11.6. The zero-order valence-corrected chi connectivity index (χ0v) is 11.1. The van der Waals surface area contributed by atoms with Crippen LogP contribution in [0.15, 0.2) is 28.7 Å². The summed E-state index contributed by atoms with van der Waals surface area (Å²) in [5.41, 5.74) is 6.72. The minimum Gasteiger partial charge on any atom is -0.348 e. The van der Waals surface area contributed by atoms with Crippen LogP contribution in [0.2, 0.25) is 0 Å². The lowest BCUT2D eigenvalue weighted by molar-refractivity contribution is -0.123. The second-order valence-electron chi connectivity index (χ2n) is 3.80. The Morgan fingerprint density at radius 3 is 2.50 bits per heavy atom. The average molecular weight is 285 g/mol. The van der Waals surface area contributed by atoms with E-state index in [1.165, 1.54) is 0 Å². The van der Waals surface area contributed by atoms with Crippen LogP contribution in [0, 0.1) is 0 Å². The quantitative estimate of drug-likeness (QED) is 0.892. The van der Waals surface area contributed by atoms with Crippen LogP contribution in [-0.4, -0.2) is 11.9 Å². The highest BCUT2D eigenvalue weighted by molar-refractivity contribution is 9.10. The van der Waals surface area contributed by atoms with E-state index in [1.807, 2.05) is 38.1 Å². The van der Waals surface area contributed by atoms with Crippen LogP contribution in [0.3, 0.4) is 0 Å². The van der Waals surface area contributed by atoms with Gasteiger partial charge >= 0.3 is 0 Å². The van der Waals surface area contributed by atoms with Crippen molar-refractivity contribution in [3.8, 4) is 0 Å². The van der Waals surface area contributed by atoms with Crippen LogP contribution < -0.4 is 11.1 Å². The van der Waals surface area contributed by atoms with Gasteiger partial charge in [0.2, 0.25) is 5.91 Å². The Labute approximate surface area is 105 Å². The molecular formula is C12H17BrN2O. The molecule has 0 saturated heterocycles. The van der Waals surface area contributed by atoms with Gasteiger partial charge < -0.3 is 11.1 Å². The molecule has 0 fully saturated rings. The number of amides is 1. The van der Waals surface area contributed by atoms with E-state index >= 15 is 0 Å². The highest BCUT2D eigenvalue weighted by Crippen LogP contribution is 2.16. The first-order valence-corrected chi connectivity index (χ1v) is 6.15. The van der Waals surface area contributed by atoms with Gasteiger partial charge in [-0.05, 0) is 31.0 Å². The maximum Gasteiger partial charge on any atom is 0.237 e. The van der Waals surface area contributed by atoms with E-state index in [0.29, 0.717) is 6.42 Å². The van der Waals surface area contributed by atoms with Crippen molar-refractivity contribution in [2.75, 3.05) is 0 Å². The molecule has 16 heavy (non-hydrogen) atoms. The van der Waals surface area contributed by atoms with Crippen molar-refractivity contribution < 1.29 is 4.79 Å². The number of halogens is 1. The molecule has 88 valence electrons. The summed E-state index contributed by atoms with van der Waals surface area (Å²) in [6, 6.07) is 7.44. The Morgan fingerprint density at radius 1 is 1.44 bits per heavy atom. The van der Waals surface area contributed by atoms with Crippen molar-refractivity contribution in [1.82, 2.24) is 5.32 Å². The number of benzene rings is 1. The first kappa shape index (κ1) is 13.2. The minimum atomic E-state index is -0.419. The van der Waals surface area contributed by atoms with E-state index in [-0.39, 0.29) is 11.9 Å². The van der Waals surface area contributed by atoms with E-state index in [2.05, 4.69) is 21.2 Å². The maximum atomic E-state index is 11.6. The maximum absolute atomic E-state index is 11.6. The zero-order chi connectivity index (χ0) is 12.1. The summed E-state index contributed by atoms with van der Waals surface area (Å²) in [6.07, 6.45) is 0.652. The monoisotopic (exact) mass is 284 g/mol. The number of nitrogens with two attached hydrogens (primary N) is 1. The third-order valence-corrected chi connectivity index (χ3v) is 3.03. The summed E-state index contributed by atoms with van der Waals surface area (Å²) in [5.74, 6) is -0.0991. The molecule has 1 rings (SSSR count). The highest BCUT2D eigenvalue weighted by atomic mass is 79.9. The molecule has 0 aliphatic carbocycles. The summed E-state index contributed by atoms with van der Waals surface area (Å²) < 4.78 is 1.03. The molecule has 0 heterocycles. The van der Waals surface area contributed by atoms with Gasteiger partial charge in [0.05, 0.1) is 12.1 Å². The normalized spacial score (nSPS) is 14.2. The highest BCUT2D eigenvalue weighted by Gasteiger charge is 2.14. The van der Waals surface area contributed by atoms with E-state index in [1.54, 1.807) is 0 Å². The third kappa shape index (κ3) is 3.61. The molecule has 3 nitrogen and oxygen atoms in total. The van der Waals surface area contributed by atoms with Crippen molar-refractivity contribution in [2.24, 2.45) is 5.73 Å². The molecule has 0 saturated carbocycles. The van der Waals surface area contributed by atoms with Crippen LogP contribution in [0.5, 0.6) is 0 Å². The molecule has 3 N–H and O–H groups in total. The van der Waals surface area contributed by atoms with Gasteiger partial charge in [0.25, 0.3) is 0 Å². The second kappa shape index (κ2) is 6.01. The van der Waals surface area contributed by atoms with Crippen molar-refractivity contribution in [3.63, 3.8) is 0 Å². The number of hydrogen-bond donors (Lipinski definition) is 2. The molecule has 1 unspecified atom stereocenters. The van der Waals surface area contributed by atoms with E-state index < -0.39 is 6.04 Å². The number of rotatable bonds is 4. The predicted octanol–water partition coefficient (Wildman–Crippen LogP) is 2.36. The lowest BCUT2D eigenvalue weighted by Gasteiger charge is -2.17. The van der Waals surface area contributed by atoms with Crippen LogP contribution in [0.1, 0.15) is 31.9 Å². The Kier molecular flexibility index (Phi) is 4.96. The van der Waals surface area contributed by atoms with Crippen molar-refractivity contribution in [1.29, 1.82) is 0 Å². The molecule has 1 aromatic rings. The molecule has 0 aliphatic rings. The Balaban J connectivity index is 2.62. The molecule has 0 spiro atoms. The zero-order valence-electron chi connectivity index (χ0n) is 9.53. The number of carbonyl (C=O) groups is 1. The molecule has 2 atom stereocenters. The van der Waals surface area contributed by atoms with Crippen LogP contribution >= 0.6 is 15.9 Å². The first-order chi connectivity index (χ1) is 7.54. The second-order valence-corrected chi connectivity index (χ2v) is 4.71. The Hall–Kier alpha value is -0.870. The fourth-order valence-corrected chi connectivity index (χ4v) is 1.60. The molecule has 0 radical (unpaired) electrons. The summed E-state index contributed by atoms with van der Waals surface area (Å²) >= 11 is 3.37. The first-order valence-electron chi connectivity index (χ1n) is 5.36. The number of hydrogen-bond acceptors (Lipinski definition) is 2. The molecule has 0 aromatic heterocycles. The largest absolute Gasteiger partial charge is 0.348 e. The van der Waals surface area contributed by atoms with Crippen LogP contribution in [0.4, 0.5) is 0 Å². The van der Waals surface area contributed by atoms with Gasteiger partial charge in [-0.3, -0.25) is 4.79 Å². The Bertz CT molecular complexity index is 351. The molecule has 1 aromatic carbocycles. The van der Waals surface area contributed by atoms with Gasteiger partial charge in [-0.1, -0.05) is 35.0 Å². The Morgan fingerprint density at radius 2 is 2.00 bits per heavy atom. The van der Waals surface area contributed by atoms with Crippen molar-refractivity contribution in [2.45, 2.75) is 32.4 Å². The van der Waals surface area contributed by atoms with Gasteiger partial charge in [0.15, 0.2) is 0 Å². The minimum absolute atomic E-state index is 0.0156. The summed E-state index contributed by atoms with van der Waals surface area (Å²) in [6.45, 7) is 3.85.